The Kier molecular flexibility index (Phi) is 77.6. The highest BCUT2D eigenvalue weighted by molar-refractivity contribution is 5.90. The molecule has 0 aliphatic heterocycles. The highest BCUT2D eigenvalue weighted by Crippen LogP contribution is 2.10. The maximum Gasteiger partial charge on any atom is 0.222 e. The first-order chi connectivity index (χ1) is 46.3. The lowest BCUT2D eigenvalue weighted by atomic mass is 9.96. The zero-order valence-corrected chi connectivity index (χ0v) is 58.4. The molecule has 0 aromatic rings. The van der Waals surface area contributed by atoms with Gasteiger partial charge in [0.15, 0.2) is 5.78 Å². The number of carbonyl (C=O) groups is 3. The van der Waals surface area contributed by atoms with Gasteiger partial charge in [0.05, 0.1) is 317 Å². The first kappa shape index (κ1) is 91.6. The summed E-state index contributed by atoms with van der Waals surface area (Å²) in [5.74, 6) is 0.137. The lowest BCUT2D eigenvalue weighted by Crippen LogP contribution is -2.42. The summed E-state index contributed by atoms with van der Waals surface area (Å²) in [6.45, 7) is 30.8. The molecule has 2 N–H and O–H groups in total. The summed E-state index contributed by atoms with van der Waals surface area (Å²) >= 11 is 0. The van der Waals surface area contributed by atoms with Crippen molar-refractivity contribution in [2.24, 2.45) is 11.8 Å². The van der Waals surface area contributed by atoms with E-state index < -0.39 is 6.04 Å². The molecule has 94 heavy (non-hydrogen) atoms. The first-order valence-corrected chi connectivity index (χ1v) is 34.1. The van der Waals surface area contributed by atoms with Crippen LogP contribution in [0.1, 0.15) is 66.2 Å². The third-order valence-corrected chi connectivity index (χ3v) is 12.5. The molecule has 0 fully saturated rings. The number of ether oxygens (including phenoxy) is 24. The normalized spacial score (nSPS) is 12.1. The summed E-state index contributed by atoms with van der Waals surface area (Å²) in [6, 6.07) is -0.485. The van der Waals surface area contributed by atoms with Crippen molar-refractivity contribution in [2.75, 3.05) is 324 Å². The van der Waals surface area contributed by atoms with Crippen LogP contribution in [0.2, 0.25) is 0 Å². The second-order valence-electron chi connectivity index (χ2n) is 21.3. The van der Waals surface area contributed by atoms with Crippen molar-refractivity contribution < 1.29 is 128 Å². The second kappa shape index (κ2) is 79.6. The van der Waals surface area contributed by atoms with Gasteiger partial charge in [0, 0.05) is 32.4 Å². The molecule has 0 rings (SSSR count). The van der Waals surface area contributed by atoms with Crippen LogP contribution in [0.4, 0.5) is 0 Å². The Labute approximate surface area is 562 Å². The zero-order chi connectivity index (χ0) is 68.0. The van der Waals surface area contributed by atoms with E-state index in [9.17, 15) is 14.4 Å². The zero-order valence-electron chi connectivity index (χ0n) is 58.4. The lowest BCUT2D eigenvalue weighted by Gasteiger charge is -2.20. The van der Waals surface area contributed by atoms with Crippen LogP contribution in [0.25, 0.3) is 0 Å². The molecule has 560 valence electrons. The maximum atomic E-state index is 12.6. The fourth-order valence-corrected chi connectivity index (χ4v) is 7.41. The van der Waals surface area contributed by atoms with Gasteiger partial charge in [-0.25, -0.2) is 0 Å². The molecule has 0 radical (unpaired) electrons. The molecule has 29 nitrogen and oxygen atoms in total. The Balaban J connectivity index is 3.20. The van der Waals surface area contributed by atoms with Crippen LogP contribution in [0.3, 0.4) is 0 Å². The molecule has 0 unspecified atom stereocenters. The summed E-state index contributed by atoms with van der Waals surface area (Å²) in [5, 5.41) is 5.80. The molecular weight excluding hydrogens is 1240 g/mol. The van der Waals surface area contributed by atoms with E-state index in [4.69, 9.17) is 114 Å². The molecule has 0 saturated carbocycles. The molecule has 29 heteroatoms. The van der Waals surface area contributed by atoms with Crippen molar-refractivity contribution in [3.05, 3.63) is 0 Å². The maximum absolute atomic E-state index is 12.6. The van der Waals surface area contributed by atoms with E-state index in [-0.39, 0.29) is 29.9 Å². The quantitative estimate of drug-likeness (QED) is 0.0828. The smallest absolute Gasteiger partial charge is 0.222 e. The predicted molar refractivity (Wildman–Crippen MR) is 348 cm³/mol. The lowest BCUT2D eigenvalue weighted by molar-refractivity contribution is -0.129. The topological polar surface area (TPSA) is 297 Å². The number of rotatable bonds is 83. The van der Waals surface area contributed by atoms with Crippen LogP contribution < -0.4 is 10.6 Å². The van der Waals surface area contributed by atoms with Crippen LogP contribution in [0.5, 0.6) is 0 Å². The van der Waals surface area contributed by atoms with E-state index in [0.717, 1.165) is 19.3 Å². The van der Waals surface area contributed by atoms with Crippen LogP contribution in [0.15, 0.2) is 0 Å². The Morgan fingerprint density at radius 3 is 0.670 bits per heavy atom. The number of amides is 2. The Morgan fingerprint density at radius 1 is 0.255 bits per heavy atom. The average Bonchev–Trinajstić information content (AvgIpc) is 1.38. The van der Waals surface area contributed by atoms with E-state index in [2.05, 4.69) is 24.5 Å². The third-order valence-electron chi connectivity index (χ3n) is 12.5. The summed E-state index contributed by atoms with van der Waals surface area (Å²) in [5.41, 5.74) is 0. The van der Waals surface area contributed by atoms with E-state index in [0.29, 0.717) is 336 Å². The minimum Gasteiger partial charge on any atom is -0.382 e. The van der Waals surface area contributed by atoms with E-state index in [1.165, 1.54) is 0 Å². The number of hydrogen-bond donors (Lipinski definition) is 2. The summed E-state index contributed by atoms with van der Waals surface area (Å²) in [6.07, 6.45) is 3.46. The van der Waals surface area contributed by atoms with Gasteiger partial charge in [0.1, 0.15) is 0 Å². The fraction of sp³-hybridized carbons (Fsp3) is 0.954. The molecular formula is C65H128N2O27. The van der Waals surface area contributed by atoms with E-state index in [1.807, 2.05) is 13.8 Å². The highest BCUT2D eigenvalue weighted by Gasteiger charge is 2.23. The fourth-order valence-electron chi connectivity index (χ4n) is 7.41. The monoisotopic (exact) mass is 1370 g/mol. The molecule has 2 amide bonds. The number of nitrogens with one attached hydrogen (secondary N) is 2. The van der Waals surface area contributed by atoms with Gasteiger partial charge in [-0.05, 0) is 31.6 Å². The average molecular weight is 1370 g/mol. The number of Topliss-reactive ketones (excluding diaryl/α,β-unsaturated/α-hetero) is 1. The number of unbranched alkanes of at least 4 members (excludes halogenated alkanes) is 1. The van der Waals surface area contributed by atoms with Gasteiger partial charge >= 0.3 is 0 Å². The van der Waals surface area contributed by atoms with Gasteiger partial charge in [-0.15, -0.1) is 0 Å². The van der Waals surface area contributed by atoms with Gasteiger partial charge in [-0.1, -0.05) is 27.7 Å². The largest absolute Gasteiger partial charge is 0.382 e. The van der Waals surface area contributed by atoms with Crippen molar-refractivity contribution >= 4 is 17.6 Å². The first-order valence-electron chi connectivity index (χ1n) is 34.1. The van der Waals surface area contributed by atoms with Crippen LogP contribution in [0, 0.1) is 11.8 Å². The van der Waals surface area contributed by atoms with Crippen molar-refractivity contribution in [1.29, 1.82) is 0 Å². The van der Waals surface area contributed by atoms with Crippen LogP contribution >= 0.6 is 0 Å². The SMILES string of the molecule is COCCOCCOCCOCCOCCOCCOCCOCCOCCOCCOCCOCCOCCOCCOCCOCCOCCOCCOCCOCCOCCOCCOCCOCCC(=O)NCCCC[C@@H](NC(=O)CCC(C)C)C(=O)C(C)C. The van der Waals surface area contributed by atoms with Gasteiger partial charge in [-0.3, -0.25) is 14.4 Å². The Hall–Kier alpha value is -2.35. The molecule has 1 atom stereocenters. The molecule has 0 aliphatic rings. The number of carbonyl (C=O) groups excluding carboxylic acids is 3. The molecule has 0 aromatic carbocycles. The van der Waals surface area contributed by atoms with Crippen LogP contribution in [-0.2, 0) is 128 Å². The molecule has 0 bridgehead atoms. The summed E-state index contributed by atoms with van der Waals surface area (Å²) in [4.78, 5) is 37.1. The minimum atomic E-state index is -0.485. The summed E-state index contributed by atoms with van der Waals surface area (Å²) < 4.78 is 132. The van der Waals surface area contributed by atoms with Gasteiger partial charge in [0.25, 0.3) is 0 Å². The van der Waals surface area contributed by atoms with Crippen molar-refractivity contribution in [3.8, 4) is 0 Å². The number of hydrogen-bond acceptors (Lipinski definition) is 27. The van der Waals surface area contributed by atoms with Gasteiger partial charge in [-0.2, -0.15) is 0 Å². The third kappa shape index (κ3) is 77.0. The molecule has 0 spiro atoms. The Morgan fingerprint density at radius 2 is 0.468 bits per heavy atom. The molecule has 0 aromatic heterocycles. The van der Waals surface area contributed by atoms with Crippen molar-refractivity contribution in [1.82, 2.24) is 10.6 Å². The number of methoxy groups -OCH3 is 1. The van der Waals surface area contributed by atoms with Crippen molar-refractivity contribution in [3.63, 3.8) is 0 Å². The van der Waals surface area contributed by atoms with Gasteiger partial charge < -0.3 is 124 Å². The summed E-state index contributed by atoms with van der Waals surface area (Å²) in [7, 11) is 1.64. The molecule has 0 heterocycles. The van der Waals surface area contributed by atoms with E-state index >= 15 is 0 Å². The highest BCUT2D eigenvalue weighted by atomic mass is 16.6. The molecule has 0 aliphatic carbocycles. The predicted octanol–water partition coefficient (Wildman–Crippen LogP) is 2.84. The molecule has 0 saturated heterocycles. The van der Waals surface area contributed by atoms with Crippen molar-refractivity contribution in [2.45, 2.75) is 72.3 Å². The Bertz CT molecular complexity index is 1520. The standard InChI is InChI=1S/C65H128N2O27/c1-60(2)9-10-64(69)67-62(65(70)61(3)4)8-6-7-12-66-63(68)11-13-72-16-17-74-20-21-76-24-25-78-28-29-80-32-33-82-36-37-84-40-41-86-44-45-88-48-49-90-52-53-92-56-57-94-59-58-93-55-54-91-51-50-89-47-46-87-43-42-85-39-38-83-35-34-81-31-30-79-27-26-77-23-22-75-19-18-73-15-14-71-5/h60-62H,6-59H2,1-5H3,(H,66,68)(H,67,69)/t62-/m1/s1. The van der Waals surface area contributed by atoms with E-state index in [1.54, 1.807) is 7.11 Å². The van der Waals surface area contributed by atoms with Gasteiger partial charge in [0.2, 0.25) is 11.8 Å². The second-order valence-corrected chi connectivity index (χ2v) is 21.3. The minimum absolute atomic E-state index is 0.0411. The number of ketones is 1. The van der Waals surface area contributed by atoms with Crippen LogP contribution in [-0.4, -0.2) is 348 Å².